The average Bonchev–Trinajstić information content (AvgIpc) is 2.32. The van der Waals surface area contributed by atoms with Crippen LogP contribution >= 0.6 is 0 Å². The lowest BCUT2D eigenvalue weighted by Gasteiger charge is -2.05. The molecule has 0 atom stereocenters. The summed E-state index contributed by atoms with van der Waals surface area (Å²) in [5, 5.41) is 0. The molecule has 2 aromatic carbocycles. The molecule has 0 aromatic heterocycles. The van der Waals surface area contributed by atoms with Gasteiger partial charge in [0.15, 0.2) is 5.78 Å². The Balaban J connectivity index is 2.24. The molecule has 0 heterocycles. The quantitative estimate of drug-likeness (QED) is 0.734. The number of hydrogen-bond acceptors (Lipinski definition) is 1. The van der Waals surface area contributed by atoms with Crippen molar-refractivity contribution in [3.05, 3.63) is 71.0 Å². The molecule has 0 amide bonds. The molecule has 2 rings (SSSR count). The van der Waals surface area contributed by atoms with E-state index in [0.717, 1.165) is 11.1 Å². The maximum absolute atomic E-state index is 13.4. The van der Waals surface area contributed by atoms with E-state index < -0.39 is 5.82 Å². The van der Waals surface area contributed by atoms with Gasteiger partial charge in [-0.25, -0.2) is 4.39 Å². The number of aryl methyl sites for hydroxylation is 1. The molecule has 2 aromatic rings. The summed E-state index contributed by atoms with van der Waals surface area (Å²) in [5.74, 6) is -0.636. The molecule has 0 bridgehead atoms. The van der Waals surface area contributed by atoms with Gasteiger partial charge in [0.25, 0.3) is 0 Å². The second kappa shape index (κ2) is 4.91. The third-order valence-electron chi connectivity index (χ3n) is 2.79. The highest BCUT2D eigenvalue weighted by molar-refractivity contribution is 5.97. The molecule has 0 radical (unpaired) electrons. The fraction of sp³-hybridized carbons (Fsp3) is 0.133. The van der Waals surface area contributed by atoms with Gasteiger partial charge in [0.05, 0.1) is 5.56 Å². The van der Waals surface area contributed by atoms with Crippen LogP contribution in [0.3, 0.4) is 0 Å². The summed E-state index contributed by atoms with van der Waals surface area (Å²) in [7, 11) is 0. The summed E-state index contributed by atoms with van der Waals surface area (Å²) in [6.45, 7) is 1.95. The summed E-state index contributed by atoms with van der Waals surface area (Å²) in [4.78, 5) is 11.9. The van der Waals surface area contributed by atoms with E-state index in [0.29, 0.717) is 0 Å². The van der Waals surface area contributed by atoms with Crippen LogP contribution in [0.25, 0.3) is 0 Å². The number of Topliss-reactive ketones (excluding diaryl/α,β-unsaturated/α-hetero) is 1. The van der Waals surface area contributed by atoms with Gasteiger partial charge in [-0.15, -0.1) is 0 Å². The minimum absolute atomic E-state index is 0.163. The summed E-state index contributed by atoms with van der Waals surface area (Å²) < 4.78 is 13.4. The molecule has 86 valence electrons. The summed E-state index contributed by atoms with van der Waals surface area (Å²) >= 11 is 0. The van der Waals surface area contributed by atoms with Gasteiger partial charge in [0.2, 0.25) is 0 Å². The van der Waals surface area contributed by atoms with E-state index in [1.165, 1.54) is 12.1 Å². The predicted octanol–water partition coefficient (Wildman–Crippen LogP) is 3.56. The third kappa shape index (κ3) is 2.59. The SMILES string of the molecule is Cc1ccccc1CC(=O)c1ccccc1F. The average molecular weight is 228 g/mol. The van der Waals surface area contributed by atoms with E-state index in [-0.39, 0.29) is 17.8 Å². The van der Waals surface area contributed by atoms with Crippen LogP contribution in [0.1, 0.15) is 21.5 Å². The Hall–Kier alpha value is -1.96. The van der Waals surface area contributed by atoms with Gasteiger partial charge in [0, 0.05) is 6.42 Å². The topological polar surface area (TPSA) is 17.1 Å². The molecule has 0 aliphatic heterocycles. The molecular formula is C15H13FO. The fourth-order valence-corrected chi connectivity index (χ4v) is 1.76. The summed E-state index contributed by atoms with van der Waals surface area (Å²) in [6.07, 6.45) is 0.244. The van der Waals surface area contributed by atoms with E-state index >= 15 is 0 Å². The number of rotatable bonds is 3. The number of benzene rings is 2. The highest BCUT2D eigenvalue weighted by Gasteiger charge is 2.12. The predicted molar refractivity (Wildman–Crippen MR) is 65.6 cm³/mol. The molecule has 0 unspecified atom stereocenters. The van der Waals surface area contributed by atoms with Gasteiger partial charge in [-0.05, 0) is 30.2 Å². The van der Waals surface area contributed by atoms with Gasteiger partial charge >= 0.3 is 0 Å². The van der Waals surface area contributed by atoms with Crippen LogP contribution in [0.15, 0.2) is 48.5 Å². The first-order valence-corrected chi connectivity index (χ1v) is 5.50. The maximum Gasteiger partial charge on any atom is 0.170 e. The zero-order valence-corrected chi connectivity index (χ0v) is 9.61. The Bertz CT molecular complexity index is 546. The molecule has 0 fully saturated rings. The molecule has 0 saturated carbocycles. The fourth-order valence-electron chi connectivity index (χ4n) is 1.76. The van der Waals surface area contributed by atoms with Gasteiger partial charge in [-0.3, -0.25) is 4.79 Å². The molecule has 1 nitrogen and oxygen atoms in total. The highest BCUT2D eigenvalue weighted by atomic mass is 19.1. The summed E-state index contributed by atoms with van der Waals surface area (Å²) in [6, 6.07) is 13.7. The molecule has 2 heteroatoms. The summed E-state index contributed by atoms with van der Waals surface area (Å²) in [5.41, 5.74) is 2.16. The van der Waals surface area contributed by atoms with Crippen LogP contribution in [0, 0.1) is 12.7 Å². The molecule has 0 aliphatic carbocycles. The van der Waals surface area contributed by atoms with Crippen LogP contribution < -0.4 is 0 Å². The minimum Gasteiger partial charge on any atom is -0.294 e. The lowest BCUT2D eigenvalue weighted by molar-refractivity contribution is 0.0989. The van der Waals surface area contributed by atoms with Crippen molar-refractivity contribution in [1.29, 1.82) is 0 Å². The number of hydrogen-bond donors (Lipinski definition) is 0. The Kier molecular flexibility index (Phi) is 3.33. The van der Waals surface area contributed by atoms with Gasteiger partial charge in [-0.2, -0.15) is 0 Å². The largest absolute Gasteiger partial charge is 0.294 e. The number of carbonyl (C=O) groups is 1. The van der Waals surface area contributed by atoms with Crippen LogP contribution in [0.2, 0.25) is 0 Å². The van der Waals surface area contributed by atoms with Crippen molar-refractivity contribution in [1.82, 2.24) is 0 Å². The molecule has 0 aliphatic rings. The first-order valence-electron chi connectivity index (χ1n) is 5.50. The van der Waals surface area contributed by atoms with Gasteiger partial charge < -0.3 is 0 Å². The monoisotopic (exact) mass is 228 g/mol. The lowest BCUT2D eigenvalue weighted by atomic mass is 9.99. The van der Waals surface area contributed by atoms with Crippen LogP contribution in [0.4, 0.5) is 4.39 Å². The Morgan fingerprint density at radius 3 is 2.41 bits per heavy atom. The van der Waals surface area contributed by atoms with E-state index in [2.05, 4.69) is 0 Å². The Morgan fingerprint density at radius 1 is 1.06 bits per heavy atom. The second-order valence-corrected chi connectivity index (χ2v) is 4.01. The Morgan fingerprint density at radius 2 is 1.71 bits per heavy atom. The molecule has 17 heavy (non-hydrogen) atoms. The molecule has 0 N–H and O–H groups in total. The highest BCUT2D eigenvalue weighted by Crippen LogP contribution is 2.13. The number of carbonyl (C=O) groups excluding carboxylic acids is 1. The zero-order chi connectivity index (χ0) is 12.3. The first-order chi connectivity index (χ1) is 8.18. The maximum atomic E-state index is 13.4. The first kappa shape index (κ1) is 11.5. The van der Waals surface area contributed by atoms with Crippen molar-refractivity contribution >= 4 is 5.78 Å². The molecule has 0 spiro atoms. The van der Waals surface area contributed by atoms with E-state index in [4.69, 9.17) is 0 Å². The zero-order valence-electron chi connectivity index (χ0n) is 9.61. The van der Waals surface area contributed by atoms with Crippen molar-refractivity contribution < 1.29 is 9.18 Å². The van der Waals surface area contributed by atoms with E-state index in [9.17, 15) is 9.18 Å². The van der Waals surface area contributed by atoms with Crippen LogP contribution in [-0.4, -0.2) is 5.78 Å². The van der Waals surface area contributed by atoms with Crippen molar-refractivity contribution in [2.24, 2.45) is 0 Å². The lowest BCUT2D eigenvalue weighted by Crippen LogP contribution is -2.06. The van der Waals surface area contributed by atoms with E-state index in [1.54, 1.807) is 12.1 Å². The third-order valence-corrected chi connectivity index (χ3v) is 2.79. The number of ketones is 1. The molecule has 0 saturated heterocycles. The molecular weight excluding hydrogens is 215 g/mol. The van der Waals surface area contributed by atoms with E-state index in [1.807, 2.05) is 31.2 Å². The van der Waals surface area contributed by atoms with Crippen molar-refractivity contribution in [2.45, 2.75) is 13.3 Å². The van der Waals surface area contributed by atoms with Crippen LogP contribution in [-0.2, 0) is 6.42 Å². The second-order valence-electron chi connectivity index (χ2n) is 4.01. The minimum atomic E-state index is -0.453. The van der Waals surface area contributed by atoms with Crippen molar-refractivity contribution in [2.75, 3.05) is 0 Å². The smallest absolute Gasteiger partial charge is 0.170 e. The normalized spacial score (nSPS) is 10.2. The number of halogens is 1. The van der Waals surface area contributed by atoms with Gasteiger partial charge in [-0.1, -0.05) is 36.4 Å². The van der Waals surface area contributed by atoms with Crippen molar-refractivity contribution in [3.63, 3.8) is 0 Å². The Labute approximate surface area is 99.9 Å². The van der Waals surface area contributed by atoms with Crippen LogP contribution in [0.5, 0.6) is 0 Å². The van der Waals surface area contributed by atoms with Crippen molar-refractivity contribution in [3.8, 4) is 0 Å². The standard InChI is InChI=1S/C15H13FO/c1-11-6-2-3-7-12(11)10-15(17)13-8-4-5-9-14(13)16/h2-9H,10H2,1H3. The van der Waals surface area contributed by atoms with Gasteiger partial charge in [0.1, 0.15) is 5.82 Å².